The highest BCUT2D eigenvalue weighted by molar-refractivity contribution is 7.92. The molecule has 0 spiro atoms. The molecule has 4 heteroatoms. The second kappa shape index (κ2) is 3.46. The van der Waals surface area contributed by atoms with Crippen LogP contribution in [0.4, 0.5) is 0 Å². The number of hydrogen-bond donors (Lipinski definition) is 1. The summed E-state index contributed by atoms with van der Waals surface area (Å²) >= 11 is 5.70. The van der Waals surface area contributed by atoms with Crippen molar-refractivity contribution in [1.29, 1.82) is 4.78 Å². The first-order valence-corrected chi connectivity index (χ1v) is 5.69. The molecule has 0 radical (unpaired) electrons. The summed E-state index contributed by atoms with van der Waals surface area (Å²) in [7, 11) is -2.61. The molecule has 0 fully saturated rings. The Hall–Kier alpha value is -0.540. The Morgan fingerprint density at radius 1 is 1.58 bits per heavy atom. The van der Waals surface area contributed by atoms with Crippen molar-refractivity contribution in [2.45, 2.75) is 11.8 Å². The minimum absolute atomic E-state index is 0.327. The van der Waals surface area contributed by atoms with E-state index in [4.69, 9.17) is 16.4 Å². The SMILES string of the molecule is CC[S@@](=N)(=O)c1cccc(Cl)c1. The van der Waals surface area contributed by atoms with Gasteiger partial charge in [-0.3, -0.25) is 0 Å². The summed E-state index contributed by atoms with van der Waals surface area (Å²) in [6, 6.07) is 6.67. The maximum atomic E-state index is 11.5. The normalized spacial score (nSPS) is 15.5. The van der Waals surface area contributed by atoms with E-state index in [0.717, 1.165) is 0 Å². The fraction of sp³-hybridized carbons (Fsp3) is 0.250. The Kier molecular flexibility index (Phi) is 2.75. The standard InChI is InChI=1S/C8H10ClNOS/c1-2-12(10,11)8-5-3-4-7(9)6-8/h3-6,10H,2H2,1H3/t12-/m1/s1. The monoisotopic (exact) mass is 203 g/mol. The molecule has 0 aromatic heterocycles. The Bertz CT molecular complexity index is 372. The zero-order valence-corrected chi connectivity index (χ0v) is 8.28. The summed E-state index contributed by atoms with van der Waals surface area (Å²) in [6.45, 7) is 1.73. The first kappa shape index (κ1) is 9.55. The second-order valence-electron chi connectivity index (χ2n) is 2.42. The second-order valence-corrected chi connectivity index (χ2v) is 5.26. The van der Waals surface area contributed by atoms with Crippen molar-refractivity contribution in [1.82, 2.24) is 0 Å². The zero-order chi connectivity index (χ0) is 9.19. The summed E-state index contributed by atoms with van der Waals surface area (Å²) < 4.78 is 19.0. The highest BCUT2D eigenvalue weighted by Crippen LogP contribution is 2.16. The first-order valence-electron chi connectivity index (χ1n) is 3.58. The van der Waals surface area contributed by atoms with E-state index >= 15 is 0 Å². The van der Waals surface area contributed by atoms with Crippen molar-refractivity contribution < 1.29 is 4.21 Å². The number of rotatable bonds is 2. The van der Waals surface area contributed by atoms with Gasteiger partial charge in [0.1, 0.15) is 0 Å². The van der Waals surface area contributed by atoms with Crippen LogP contribution in [0.1, 0.15) is 6.92 Å². The smallest absolute Gasteiger partial charge is 0.0723 e. The molecule has 1 rings (SSSR count). The molecule has 12 heavy (non-hydrogen) atoms. The van der Waals surface area contributed by atoms with Crippen molar-refractivity contribution in [2.75, 3.05) is 5.75 Å². The van der Waals surface area contributed by atoms with E-state index in [1.165, 1.54) is 0 Å². The molecule has 0 saturated heterocycles. The van der Waals surface area contributed by atoms with Gasteiger partial charge < -0.3 is 0 Å². The van der Waals surface area contributed by atoms with Crippen LogP contribution >= 0.6 is 11.6 Å². The molecular formula is C8H10ClNOS. The molecule has 0 heterocycles. The fourth-order valence-corrected chi connectivity index (χ4v) is 2.04. The molecule has 66 valence electrons. The van der Waals surface area contributed by atoms with Crippen LogP contribution in [0.3, 0.4) is 0 Å². The van der Waals surface area contributed by atoms with Gasteiger partial charge in [0.2, 0.25) is 0 Å². The minimum atomic E-state index is -2.61. The predicted octanol–water partition coefficient (Wildman–Crippen LogP) is 2.77. The maximum Gasteiger partial charge on any atom is 0.0723 e. The lowest BCUT2D eigenvalue weighted by Gasteiger charge is -2.03. The summed E-state index contributed by atoms with van der Waals surface area (Å²) in [6.07, 6.45) is 0. The van der Waals surface area contributed by atoms with Gasteiger partial charge in [-0.2, -0.15) is 0 Å². The van der Waals surface area contributed by atoms with Crippen LogP contribution in [0.5, 0.6) is 0 Å². The molecule has 0 bridgehead atoms. The van der Waals surface area contributed by atoms with Crippen LogP contribution in [-0.4, -0.2) is 9.96 Å². The fourth-order valence-electron chi connectivity index (χ4n) is 0.839. The molecule has 0 aliphatic rings. The predicted molar refractivity (Wildman–Crippen MR) is 51.1 cm³/mol. The van der Waals surface area contributed by atoms with E-state index in [9.17, 15) is 4.21 Å². The summed E-state index contributed by atoms with van der Waals surface area (Å²) in [5, 5.41) is 0.529. The average Bonchev–Trinajstić information content (AvgIpc) is 2.05. The quantitative estimate of drug-likeness (QED) is 0.789. The molecule has 0 aliphatic heterocycles. The average molecular weight is 204 g/mol. The summed E-state index contributed by atoms with van der Waals surface area (Å²) in [4.78, 5) is 0.512. The van der Waals surface area contributed by atoms with Crippen molar-refractivity contribution in [3.8, 4) is 0 Å². The van der Waals surface area contributed by atoms with E-state index in [0.29, 0.717) is 15.7 Å². The molecule has 0 aliphatic carbocycles. The Balaban J connectivity index is 3.21. The van der Waals surface area contributed by atoms with Crippen LogP contribution in [0.15, 0.2) is 29.2 Å². The van der Waals surface area contributed by atoms with Crippen molar-refractivity contribution in [2.24, 2.45) is 0 Å². The van der Waals surface area contributed by atoms with E-state index in [1.54, 1.807) is 31.2 Å². The summed E-state index contributed by atoms with van der Waals surface area (Å²) in [5.74, 6) is 0.327. The Morgan fingerprint density at radius 3 is 2.75 bits per heavy atom. The lowest BCUT2D eigenvalue weighted by atomic mass is 10.4. The van der Waals surface area contributed by atoms with E-state index in [1.807, 2.05) is 0 Å². The number of nitrogens with one attached hydrogen (secondary N) is 1. The van der Waals surface area contributed by atoms with Crippen LogP contribution < -0.4 is 0 Å². The van der Waals surface area contributed by atoms with Crippen molar-refractivity contribution in [3.05, 3.63) is 29.3 Å². The number of hydrogen-bond acceptors (Lipinski definition) is 2. The first-order chi connectivity index (χ1) is 5.56. The molecule has 1 aromatic rings. The molecular weight excluding hydrogens is 194 g/mol. The van der Waals surface area contributed by atoms with Crippen molar-refractivity contribution in [3.63, 3.8) is 0 Å². The van der Waals surface area contributed by atoms with Crippen LogP contribution in [-0.2, 0) is 9.73 Å². The number of benzene rings is 1. The largest absolute Gasteiger partial charge is 0.249 e. The van der Waals surface area contributed by atoms with E-state index in [2.05, 4.69) is 0 Å². The van der Waals surface area contributed by atoms with Crippen LogP contribution in [0.2, 0.25) is 5.02 Å². The number of halogens is 1. The lowest BCUT2D eigenvalue weighted by molar-refractivity contribution is 0.675. The molecule has 2 nitrogen and oxygen atoms in total. The van der Waals surface area contributed by atoms with Gasteiger partial charge in [0.15, 0.2) is 0 Å². The van der Waals surface area contributed by atoms with Gasteiger partial charge in [-0.15, -0.1) is 0 Å². The maximum absolute atomic E-state index is 11.5. The molecule has 1 aromatic carbocycles. The highest BCUT2D eigenvalue weighted by atomic mass is 35.5. The van der Waals surface area contributed by atoms with Gasteiger partial charge in [0.05, 0.1) is 9.73 Å². The van der Waals surface area contributed by atoms with Gasteiger partial charge in [0.25, 0.3) is 0 Å². The van der Waals surface area contributed by atoms with Gasteiger partial charge in [-0.1, -0.05) is 24.6 Å². The molecule has 1 N–H and O–H groups in total. The zero-order valence-electron chi connectivity index (χ0n) is 6.71. The highest BCUT2D eigenvalue weighted by Gasteiger charge is 2.06. The molecule has 0 saturated carbocycles. The van der Waals surface area contributed by atoms with Gasteiger partial charge in [0, 0.05) is 15.7 Å². The minimum Gasteiger partial charge on any atom is -0.249 e. The molecule has 1 atom stereocenters. The van der Waals surface area contributed by atoms with Gasteiger partial charge in [-0.25, -0.2) is 8.99 Å². The van der Waals surface area contributed by atoms with Crippen LogP contribution in [0, 0.1) is 4.78 Å². The molecule has 0 unspecified atom stereocenters. The third-order valence-electron chi connectivity index (χ3n) is 1.58. The molecule has 0 amide bonds. The van der Waals surface area contributed by atoms with Gasteiger partial charge in [-0.05, 0) is 18.2 Å². The summed E-state index contributed by atoms with van der Waals surface area (Å²) in [5.41, 5.74) is 0. The Labute approximate surface area is 77.5 Å². The topological polar surface area (TPSA) is 40.9 Å². The third-order valence-corrected chi connectivity index (χ3v) is 3.65. The van der Waals surface area contributed by atoms with Gasteiger partial charge >= 0.3 is 0 Å². The third kappa shape index (κ3) is 1.99. The Morgan fingerprint density at radius 2 is 2.25 bits per heavy atom. The lowest BCUT2D eigenvalue weighted by Crippen LogP contribution is -2.00. The van der Waals surface area contributed by atoms with E-state index in [-0.39, 0.29) is 0 Å². The van der Waals surface area contributed by atoms with E-state index < -0.39 is 9.73 Å². The van der Waals surface area contributed by atoms with Crippen LogP contribution in [0.25, 0.3) is 0 Å². The van der Waals surface area contributed by atoms with Crippen molar-refractivity contribution >= 4 is 21.3 Å².